The van der Waals surface area contributed by atoms with Crippen molar-refractivity contribution in [2.24, 2.45) is 5.41 Å². The van der Waals surface area contributed by atoms with E-state index in [0.29, 0.717) is 4.96 Å². The Bertz CT molecular complexity index is 848. The molecule has 3 rings (SSSR count). The normalized spacial score (nSPS) is 11.8. The van der Waals surface area contributed by atoms with Crippen LogP contribution in [0.1, 0.15) is 26.3 Å². The highest BCUT2D eigenvalue weighted by molar-refractivity contribution is 7.20. The number of rotatable bonds is 4. The molecule has 6 heteroatoms. The Morgan fingerprint density at radius 1 is 1.17 bits per heavy atom. The van der Waals surface area contributed by atoms with Crippen molar-refractivity contribution in [3.8, 4) is 0 Å². The van der Waals surface area contributed by atoms with E-state index in [-0.39, 0.29) is 11.0 Å². The van der Waals surface area contributed by atoms with Gasteiger partial charge in [0.15, 0.2) is 0 Å². The third kappa shape index (κ3) is 3.76. The van der Waals surface area contributed by atoms with Gasteiger partial charge in [-0.3, -0.25) is 4.79 Å². The van der Waals surface area contributed by atoms with Gasteiger partial charge in [0.2, 0.25) is 10.1 Å². The van der Waals surface area contributed by atoms with Crippen molar-refractivity contribution >= 4 is 21.4 Å². The lowest BCUT2D eigenvalue weighted by atomic mass is 9.96. The van der Waals surface area contributed by atoms with Gasteiger partial charge in [0.1, 0.15) is 0 Å². The van der Waals surface area contributed by atoms with Crippen LogP contribution in [0.5, 0.6) is 0 Å². The number of aromatic nitrogens is 3. The van der Waals surface area contributed by atoms with E-state index in [9.17, 15) is 4.79 Å². The summed E-state index contributed by atoms with van der Waals surface area (Å²) in [6.45, 7) is 8.19. The van der Waals surface area contributed by atoms with Gasteiger partial charge in [-0.25, -0.2) is 4.98 Å². The summed E-state index contributed by atoms with van der Waals surface area (Å²) in [5.74, 6) is 0. The van der Waals surface area contributed by atoms with Crippen molar-refractivity contribution in [2.45, 2.75) is 27.3 Å². The first-order valence-electron chi connectivity index (χ1n) is 7.56. The smallest absolute Gasteiger partial charge is 0.275 e. The number of nitrogens with zero attached hydrogens (tertiary/aromatic N) is 4. The van der Waals surface area contributed by atoms with E-state index in [1.165, 1.54) is 33.7 Å². The number of hydrogen-bond acceptors (Lipinski definition) is 5. The van der Waals surface area contributed by atoms with Gasteiger partial charge in [0.25, 0.3) is 5.56 Å². The number of benzene rings is 1. The van der Waals surface area contributed by atoms with Crippen LogP contribution >= 0.6 is 11.3 Å². The first-order valence-corrected chi connectivity index (χ1v) is 8.38. The minimum atomic E-state index is -0.145. The third-order valence-corrected chi connectivity index (χ3v) is 4.30. The second kappa shape index (κ2) is 6.12. The zero-order valence-electron chi connectivity index (χ0n) is 13.6. The van der Waals surface area contributed by atoms with Gasteiger partial charge in [-0.1, -0.05) is 62.4 Å². The van der Waals surface area contributed by atoms with E-state index in [0.717, 1.165) is 18.2 Å². The number of hydrogen-bond donors (Lipinski definition) is 0. The molecule has 0 amide bonds. The summed E-state index contributed by atoms with van der Waals surface area (Å²) < 4.78 is 1.38. The summed E-state index contributed by atoms with van der Waals surface area (Å²) in [6, 6.07) is 11.7. The fraction of sp³-hybridized carbons (Fsp3) is 0.353. The lowest BCUT2D eigenvalue weighted by Gasteiger charge is -2.29. The molecule has 23 heavy (non-hydrogen) atoms. The monoisotopic (exact) mass is 328 g/mol. The first-order chi connectivity index (χ1) is 10.9. The first kappa shape index (κ1) is 15.7. The molecule has 2 heterocycles. The highest BCUT2D eigenvalue weighted by Gasteiger charge is 2.20. The Balaban J connectivity index is 1.99. The highest BCUT2D eigenvalue weighted by Crippen LogP contribution is 2.27. The maximum Gasteiger partial charge on any atom is 0.275 e. The molecule has 5 nitrogen and oxygen atoms in total. The molecule has 0 saturated heterocycles. The van der Waals surface area contributed by atoms with E-state index in [1.54, 1.807) is 0 Å². The molecule has 0 aliphatic heterocycles. The number of fused-ring (bicyclic) bond motifs is 1. The van der Waals surface area contributed by atoms with Crippen molar-refractivity contribution in [3.05, 3.63) is 58.5 Å². The summed E-state index contributed by atoms with van der Waals surface area (Å²) in [5.41, 5.74) is 1.19. The third-order valence-electron chi connectivity index (χ3n) is 3.31. The van der Waals surface area contributed by atoms with Crippen LogP contribution in [0.3, 0.4) is 0 Å². The van der Waals surface area contributed by atoms with Crippen molar-refractivity contribution in [1.82, 2.24) is 14.6 Å². The van der Waals surface area contributed by atoms with Crippen LogP contribution in [0.4, 0.5) is 5.13 Å². The standard InChI is InChI=1S/C17H20N4OS/c1-17(2,3)12-20(11-13-7-5-4-6-8-13)16-19-21-14(22)9-10-18-15(21)23-16/h4-10H,11-12H2,1-3H3. The molecule has 0 atom stereocenters. The molecule has 0 unspecified atom stereocenters. The van der Waals surface area contributed by atoms with Gasteiger partial charge >= 0.3 is 0 Å². The van der Waals surface area contributed by atoms with E-state index < -0.39 is 0 Å². The summed E-state index contributed by atoms with van der Waals surface area (Å²) in [6.07, 6.45) is 1.53. The Hall–Kier alpha value is -2.21. The second-order valence-corrected chi connectivity index (χ2v) is 7.70. The van der Waals surface area contributed by atoms with Crippen LogP contribution in [0.15, 0.2) is 47.4 Å². The Morgan fingerprint density at radius 3 is 2.57 bits per heavy atom. The van der Waals surface area contributed by atoms with Crippen molar-refractivity contribution in [3.63, 3.8) is 0 Å². The van der Waals surface area contributed by atoms with Crippen LogP contribution in [0, 0.1) is 5.41 Å². The largest absolute Gasteiger partial charge is 0.342 e. The molecule has 0 N–H and O–H groups in total. The zero-order chi connectivity index (χ0) is 16.4. The summed E-state index contributed by atoms with van der Waals surface area (Å²) in [7, 11) is 0. The maximum absolute atomic E-state index is 11.9. The van der Waals surface area contributed by atoms with Crippen molar-refractivity contribution < 1.29 is 0 Å². The van der Waals surface area contributed by atoms with Gasteiger partial charge in [0.05, 0.1) is 0 Å². The average Bonchev–Trinajstić information content (AvgIpc) is 2.92. The van der Waals surface area contributed by atoms with Crippen molar-refractivity contribution in [1.29, 1.82) is 0 Å². The van der Waals surface area contributed by atoms with E-state index >= 15 is 0 Å². The van der Waals surface area contributed by atoms with Gasteiger partial charge in [0, 0.05) is 25.4 Å². The molecule has 0 spiro atoms. The SMILES string of the molecule is CC(C)(C)CN(Cc1ccccc1)c1nn2c(=O)ccnc2s1. The van der Waals surface area contributed by atoms with Gasteiger partial charge in [-0.05, 0) is 11.0 Å². The van der Waals surface area contributed by atoms with Gasteiger partial charge in [-0.15, -0.1) is 5.10 Å². The maximum atomic E-state index is 11.9. The molecule has 3 aromatic rings. The fourth-order valence-corrected chi connectivity index (χ4v) is 3.30. The average molecular weight is 328 g/mol. The van der Waals surface area contributed by atoms with Crippen molar-refractivity contribution in [2.75, 3.05) is 11.4 Å². The molecule has 120 valence electrons. The van der Waals surface area contributed by atoms with Crippen LogP contribution in [0.25, 0.3) is 4.96 Å². The molecule has 0 aliphatic rings. The van der Waals surface area contributed by atoms with Crippen LogP contribution in [-0.2, 0) is 6.54 Å². The highest BCUT2D eigenvalue weighted by atomic mass is 32.1. The summed E-state index contributed by atoms with van der Waals surface area (Å²) in [4.78, 5) is 19.0. The quantitative estimate of drug-likeness (QED) is 0.738. The predicted molar refractivity (Wildman–Crippen MR) is 94.1 cm³/mol. The Labute approximate surface area is 139 Å². The minimum absolute atomic E-state index is 0.116. The van der Waals surface area contributed by atoms with Crippen LogP contribution in [-0.4, -0.2) is 21.1 Å². The molecule has 0 aliphatic carbocycles. The molecule has 0 fully saturated rings. The van der Waals surface area contributed by atoms with E-state index in [2.05, 4.69) is 47.9 Å². The molecule has 0 radical (unpaired) electrons. The molecule has 2 aromatic heterocycles. The Morgan fingerprint density at radius 2 is 1.91 bits per heavy atom. The minimum Gasteiger partial charge on any atom is -0.342 e. The van der Waals surface area contributed by atoms with Crippen LogP contribution < -0.4 is 10.5 Å². The summed E-state index contributed by atoms with van der Waals surface area (Å²) in [5, 5.41) is 5.30. The molecule has 0 saturated carbocycles. The molecular weight excluding hydrogens is 308 g/mol. The van der Waals surface area contributed by atoms with Crippen LogP contribution in [0.2, 0.25) is 0 Å². The second-order valence-electron chi connectivity index (χ2n) is 6.76. The van der Waals surface area contributed by atoms with E-state index in [4.69, 9.17) is 0 Å². The summed E-state index contributed by atoms with van der Waals surface area (Å²) >= 11 is 1.45. The lowest BCUT2D eigenvalue weighted by Crippen LogP contribution is -2.32. The lowest BCUT2D eigenvalue weighted by molar-refractivity contribution is 0.408. The molecule has 0 bridgehead atoms. The predicted octanol–water partition coefficient (Wildman–Crippen LogP) is 3.20. The Kier molecular flexibility index (Phi) is 4.17. The van der Waals surface area contributed by atoms with Gasteiger partial charge < -0.3 is 4.90 Å². The zero-order valence-corrected chi connectivity index (χ0v) is 14.4. The van der Waals surface area contributed by atoms with Gasteiger partial charge in [-0.2, -0.15) is 4.52 Å². The number of anilines is 1. The fourth-order valence-electron chi connectivity index (χ4n) is 2.43. The topological polar surface area (TPSA) is 50.5 Å². The molecular formula is C17H20N4OS. The molecule has 1 aromatic carbocycles. The van der Waals surface area contributed by atoms with E-state index in [1.807, 2.05) is 18.2 Å².